The van der Waals surface area contributed by atoms with Crippen molar-refractivity contribution < 1.29 is 24.6 Å². The van der Waals surface area contributed by atoms with E-state index in [1.165, 1.54) is 16.7 Å². The third-order valence-corrected chi connectivity index (χ3v) is 10.8. The van der Waals surface area contributed by atoms with E-state index in [1.54, 1.807) is 6.92 Å². The van der Waals surface area contributed by atoms with Gasteiger partial charge in [-0.25, -0.2) is 0 Å². The van der Waals surface area contributed by atoms with E-state index in [4.69, 9.17) is 0 Å². The highest BCUT2D eigenvalue weighted by molar-refractivity contribution is 5.94. The molecule has 0 radical (unpaired) electrons. The first-order valence-corrected chi connectivity index (χ1v) is 13.9. The SMILES string of the molecule is CC(=O)c1ccc([C@H]2C[C@@]3(C)C(CC[C@@]3(O)[C@@H]3CCN[C@@H]3C(=O)O)C3CCC4=CC(=O)CCC4=C32)cc1. The van der Waals surface area contributed by atoms with Crippen molar-refractivity contribution in [2.45, 2.75) is 82.8 Å². The second-order valence-electron chi connectivity index (χ2n) is 12.3. The molecule has 3 N–H and O–H groups in total. The normalized spacial score (nSPS) is 39.1. The minimum atomic E-state index is -1.06. The Balaban J connectivity index is 1.48. The fourth-order valence-corrected chi connectivity index (χ4v) is 9.03. The van der Waals surface area contributed by atoms with Crippen molar-refractivity contribution >= 4 is 17.5 Å². The average Bonchev–Trinajstić information content (AvgIpc) is 3.47. The summed E-state index contributed by atoms with van der Waals surface area (Å²) in [6.45, 7) is 4.41. The van der Waals surface area contributed by atoms with Crippen LogP contribution in [0.4, 0.5) is 0 Å². The molecular weight excluding hydrogens is 466 g/mol. The van der Waals surface area contributed by atoms with Crippen LogP contribution in [-0.2, 0) is 9.59 Å². The summed E-state index contributed by atoms with van der Waals surface area (Å²) in [6.07, 6.45) is 7.96. The smallest absolute Gasteiger partial charge is 0.321 e. The van der Waals surface area contributed by atoms with Gasteiger partial charge in [-0.05, 0) is 93.0 Å². The number of carbonyl (C=O) groups excluding carboxylic acids is 2. The van der Waals surface area contributed by atoms with E-state index in [2.05, 4.69) is 24.4 Å². The lowest BCUT2D eigenvalue weighted by molar-refractivity contribution is -0.155. The van der Waals surface area contributed by atoms with Gasteiger partial charge in [-0.1, -0.05) is 36.8 Å². The van der Waals surface area contributed by atoms with Gasteiger partial charge in [0.25, 0.3) is 0 Å². The molecule has 2 saturated carbocycles. The third-order valence-electron chi connectivity index (χ3n) is 10.8. The van der Waals surface area contributed by atoms with Gasteiger partial charge < -0.3 is 15.5 Å². The molecule has 37 heavy (non-hydrogen) atoms. The Morgan fingerprint density at radius 2 is 1.78 bits per heavy atom. The van der Waals surface area contributed by atoms with Crippen LogP contribution in [0.1, 0.15) is 87.1 Å². The lowest BCUT2D eigenvalue weighted by atomic mass is 9.49. The van der Waals surface area contributed by atoms with Gasteiger partial charge in [-0.15, -0.1) is 0 Å². The highest BCUT2D eigenvalue weighted by Gasteiger charge is 2.66. The number of hydrogen-bond acceptors (Lipinski definition) is 5. The lowest BCUT2D eigenvalue weighted by Crippen LogP contribution is -2.58. The first-order valence-electron chi connectivity index (χ1n) is 13.9. The monoisotopic (exact) mass is 503 g/mol. The van der Waals surface area contributed by atoms with Gasteiger partial charge >= 0.3 is 5.97 Å². The largest absolute Gasteiger partial charge is 0.480 e. The number of nitrogens with one attached hydrogen (secondary N) is 1. The molecule has 2 unspecified atom stereocenters. The van der Waals surface area contributed by atoms with Crippen LogP contribution in [0.2, 0.25) is 0 Å². The highest BCUT2D eigenvalue weighted by Crippen LogP contribution is 2.68. The maximum atomic E-state index is 12.5. The molecule has 1 aliphatic heterocycles. The predicted molar refractivity (Wildman–Crippen MR) is 139 cm³/mol. The zero-order chi connectivity index (χ0) is 26.1. The number of carboxylic acids is 1. The summed E-state index contributed by atoms with van der Waals surface area (Å²) in [5.41, 5.74) is 4.31. The van der Waals surface area contributed by atoms with Gasteiger partial charge in [0.1, 0.15) is 6.04 Å². The highest BCUT2D eigenvalue weighted by atomic mass is 16.4. The molecule has 6 nitrogen and oxygen atoms in total. The number of carboxylic acid groups (broad SMARTS) is 1. The molecular formula is C31H37NO5. The van der Waals surface area contributed by atoms with Crippen molar-refractivity contribution in [1.29, 1.82) is 0 Å². The fourth-order valence-electron chi connectivity index (χ4n) is 9.03. The Hall–Kier alpha value is -2.57. The second kappa shape index (κ2) is 8.74. The molecule has 196 valence electrons. The Morgan fingerprint density at radius 3 is 2.49 bits per heavy atom. The van der Waals surface area contributed by atoms with E-state index in [0.717, 1.165) is 37.7 Å². The fraction of sp³-hybridized carbons (Fsp3) is 0.581. The molecule has 6 rings (SSSR count). The van der Waals surface area contributed by atoms with E-state index < -0.39 is 23.0 Å². The molecule has 0 bridgehead atoms. The molecule has 1 heterocycles. The maximum absolute atomic E-state index is 12.5. The number of rotatable bonds is 4. The average molecular weight is 504 g/mol. The molecule has 0 spiro atoms. The minimum absolute atomic E-state index is 0.0365. The number of carbonyl (C=O) groups is 3. The van der Waals surface area contributed by atoms with Crippen LogP contribution >= 0.6 is 0 Å². The number of fused-ring (bicyclic) bond motifs is 4. The number of allylic oxidation sites excluding steroid dienone is 4. The van der Waals surface area contributed by atoms with E-state index in [-0.39, 0.29) is 29.3 Å². The molecule has 7 atom stereocenters. The summed E-state index contributed by atoms with van der Waals surface area (Å²) in [6, 6.07) is 7.20. The number of aliphatic carboxylic acids is 1. The summed E-state index contributed by atoms with van der Waals surface area (Å²) in [4.78, 5) is 36.3. The van der Waals surface area contributed by atoms with Crippen LogP contribution in [-0.4, -0.2) is 45.9 Å². The third kappa shape index (κ3) is 3.63. The van der Waals surface area contributed by atoms with Crippen LogP contribution in [0.15, 0.2) is 47.1 Å². The molecule has 4 aliphatic carbocycles. The number of Topliss-reactive ketones (excluding diaryl/α,β-unsaturated/α-hetero) is 1. The first kappa shape index (κ1) is 24.7. The van der Waals surface area contributed by atoms with Crippen molar-refractivity contribution in [3.8, 4) is 0 Å². The van der Waals surface area contributed by atoms with Crippen LogP contribution in [0.3, 0.4) is 0 Å². The Bertz CT molecular complexity index is 1230. The van der Waals surface area contributed by atoms with Crippen molar-refractivity contribution in [3.63, 3.8) is 0 Å². The summed E-state index contributed by atoms with van der Waals surface area (Å²) in [7, 11) is 0. The number of ketones is 2. The zero-order valence-electron chi connectivity index (χ0n) is 21.8. The van der Waals surface area contributed by atoms with Crippen molar-refractivity contribution in [2.75, 3.05) is 6.54 Å². The van der Waals surface area contributed by atoms with Crippen molar-refractivity contribution in [1.82, 2.24) is 5.32 Å². The quantitative estimate of drug-likeness (QED) is 0.520. The van der Waals surface area contributed by atoms with E-state index in [1.807, 2.05) is 18.2 Å². The Kier molecular flexibility index (Phi) is 5.85. The van der Waals surface area contributed by atoms with Gasteiger partial charge in [-0.3, -0.25) is 14.4 Å². The van der Waals surface area contributed by atoms with Gasteiger partial charge in [-0.2, -0.15) is 0 Å². The van der Waals surface area contributed by atoms with Gasteiger partial charge in [0.2, 0.25) is 0 Å². The second-order valence-corrected chi connectivity index (χ2v) is 12.3. The van der Waals surface area contributed by atoms with Crippen LogP contribution in [0, 0.1) is 23.2 Å². The summed E-state index contributed by atoms with van der Waals surface area (Å²) in [5, 5.41) is 25.6. The summed E-state index contributed by atoms with van der Waals surface area (Å²) >= 11 is 0. The Labute approximate surface area is 218 Å². The lowest BCUT2D eigenvalue weighted by Gasteiger charge is -2.56. The molecule has 3 fully saturated rings. The molecule has 6 heteroatoms. The number of benzene rings is 1. The van der Waals surface area contributed by atoms with Crippen molar-refractivity contribution in [3.05, 3.63) is 58.2 Å². The molecule has 1 aromatic carbocycles. The minimum Gasteiger partial charge on any atom is -0.480 e. The van der Waals surface area contributed by atoms with Crippen LogP contribution < -0.4 is 5.32 Å². The van der Waals surface area contributed by atoms with E-state index in [9.17, 15) is 24.6 Å². The van der Waals surface area contributed by atoms with Crippen LogP contribution in [0.5, 0.6) is 0 Å². The predicted octanol–water partition coefficient (Wildman–Crippen LogP) is 4.58. The van der Waals surface area contributed by atoms with Crippen LogP contribution in [0.25, 0.3) is 0 Å². The van der Waals surface area contributed by atoms with E-state index in [0.29, 0.717) is 37.3 Å². The Morgan fingerprint density at radius 1 is 1.03 bits per heavy atom. The standard InChI is InChI=1S/C31H37NO5/c1-17(33)18-3-5-19(6-4-18)24-16-30(2)25(11-13-31(30,37)26-12-14-32-28(26)29(35)36)23-9-7-20-15-21(34)8-10-22(20)27(23)24/h3-6,15,23-26,28,32,37H,7-14,16H2,1-2H3,(H,35,36)/t23?,24-,25?,26-,28+,30+,31-/m1/s1. The van der Waals surface area contributed by atoms with Gasteiger partial charge in [0.05, 0.1) is 5.60 Å². The first-order chi connectivity index (χ1) is 17.6. The topological polar surface area (TPSA) is 104 Å². The van der Waals surface area contributed by atoms with E-state index >= 15 is 0 Å². The molecule has 0 amide bonds. The number of hydrogen-bond donors (Lipinski definition) is 3. The summed E-state index contributed by atoms with van der Waals surface area (Å²) in [5.74, 6) is -0.288. The summed E-state index contributed by atoms with van der Waals surface area (Å²) < 4.78 is 0. The maximum Gasteiger partial charge on any atom is 0.321 e. The molecule has 5 aliphatic rings. The van der Waals surface area contributed by atoms with Gasteiger partial charge in [0.15, 0.2) is 11.6 Å². The number of aliphatic hydroxyl groups is 1. The van der Waals surface area contributed by atoms with Crippen molar-refractivity contribution in [2.24, 2.45) is 23.2 Å². The molecule has 1 saturated heterocycles. The van der Waals surface area contributed by atoms with Gasteiger partial charge in [0, 0.05) is 29.2 Å². The molecule has 0 aromatic heterocycles. The molecule has 1 aromatic rings. The zero-order valence-corrected chi connectivity index (χ0v) is 21.8.